The highest BCUT2D eigenvalue weighted by atomic mass is 16.5. The van der Waals surface area contributed by atoms with E-state index in [1.54, 1.807) is 14.2 Å². The van der Waals surface area contributed by atoms with Crippen molar-refractivity contribution >= 4 is 34.0 Å². The maximum atomic E-state index is 5.64. The normalized spacial score (nSPS) is 15.0. The lowest BCUT2D eigenvalue weighted by molar-refractivity contribution is 0.0366. The van der Waals surface area contributed by atoms with Crippen LogP contribution in [0.5, 0.6) is 11.5 Å². The Hall–Kier alpha value is -3.42. The number of morpholine rings is 1. The Kier molecular flexibility index (Phi) is 6.24. The Morgan fingerprint density at radius 3 is 2.58 bits per heavy atom. The predicted molar refractivity (Wildman–Crippen MR) is 131 cm³/mol. The minimum Gasteiger partial charge on any atom is -0.496 e. The second-order valence-electron chi connectivity index (χ2n) is 8.00. The molecule has 0 atom stereocenters. The minimum atomic E-state index is 0.698. The Morgan fingerprint density at radius 2 is 1.76 bits per heavy atom. The van der Waals surface area contributed by atoms with Gasteiger partial charge in [0.25, 0.3) is 0 Å². The first-order valence-electron chi connectivity index (χ1n) is 11.2. The van der Waals surface area contributed by atoms with Gasteiger partial charge in [0.2, 0.25) is 5.95 Å². The van der Waals surface area contributed by atoms with Gasteiger partial charge >= 0.3 is 0 Å². The summed E-state index contributed by atoms with van der Waals surface area (Å²) in [5.41, 5.74) is 2.99. The summed E-state index contributed by atoms with van der Waals surface area (Å²) in [5.74, 6) is 2.29. The number of hydrogen-bond acceptors (Lipinski definition) is 6. The van der Waals surface area contributed by atoms with Gasteiger partial charge in [0, 0.05) is 48.7 Å². The van der Waals surface area contributed by atoms with E-state index >= 15 is 0 Å². The molecule has 7 heteroatoms. The molecule has 1 aromatic heterocycles. The maximum absolute atomic E-state index is 5.64. The lowest BCUT2D eigenvalue weighted by Crippen LogP contribution is -2.38. The fraction of sp³-hybridized carbons (Fsp3) is 0.308. The summed E-state index contributed by atoms with van der Waals surface area (Å²) in [6, 6.07) is 18.1. The zero-order valence-electron chi connectivity index (χ0n) is 19.0. The third kappa shape index (κ3) is 4.29. The second-order valence-corrected chi connectivity index (χ2v) is 8.00. The standard InChI is InChI=1S/C26H28N4O3/c1-31-23-11-10-19(25-20(23)6-5-9-24(25)32-2)18-27-26-28-21-7-3-4-8-22(21)30(26)13-12-29-14-16-33-17-15-29/h3-11,18H,12-17H2,1-2H3. The number of aliphatic imine (C=N–C) groups is 1. The summed E-state index contributed by atoms with van der Waals surface area (Å²) in [7, 11) is 3.36. The number of benzene rings is 3. The first-order valence-corrected chi connectivity index (χ1v) is 11.2. The number of nitrogens with zero attached hydrogens (tertiary/aromatic N) is 4. The molecule has 5 rings (SSSR count). The monoisotopic (exact) mass is 444 g/mol. The van der Waals surface area contributed by atoms with Crippen molar-refractivity contribution in [3.8, 4) is 11.5 Å². The number of aromatic nitrogens is 2. The molecule has 1 saturated heterocycles. The van der Waals surface area contributed by atoms with E-state index in [9.17, 15) is 0 Å². The van der Waals surface area contributed by atoms with Crippen molar-refractivity contribution in [2.45, 2.75) is 6.54 Å². The summed E-state index contributed by atoms with van der Waals surface area (Å²) in [5, 5.41) is 1.96. The number of methoxy groups -OCH3 is 2. The molecule has 0 aliphatic carbocycles. The van der Waals surface area contributed by atoms with E-state index in [1.165, 1.54) is 0 Å². The molecule has 7 nitrogen and oxygen atoms in total. The number of para-hydroxylation sites is 2. The molecule has 0 bridgehead atoms. The van der Waals surface area contributed by atoms with Gasteiger partial charge in [-0.05, 0) is 30.3 Å². The zero-order chi connectivity index (χ0) is 22.6. The van der Waals surface area contributed by atoms with Crippen LogP contribution in [0.4, 0.5) is 5.95 Å². The number of ether oxygens (including phenoxy) is 3. The van der Waals surface area contributed by atoms with Gasteiger partial charge in [0.1, 0.15) is 11.5 Å². The number of hydrogen-bond donors (Lipinski definition) is 0. The minimum absolute atomic E-state index is 0.698. The molecule has 0 amide bonds. The molecule has 2 heterocycles. The van der Waals surface area contributed by atoms with E-state index in [0.29, 0.717) is 5.95 Å². The molecular formula is C26H28N4O3. The van der Waals surface area contributed by atoms with Crippen molar-refractivity contribution in [3.05, 3.63) is 60.2 Å². The largest absolute Gasteiger partial charge is 0.496 e. The SMILES string of the molecule is COc1ccc(C=Nc2nc3ccccc3n2CCN2CCOCC2)c2c(OC)cccc12. The molecular weight excluding hydrogens is 416 g/mol. The highest BCUT2D eigenvalue weighted by Crippen LogP contribution is 2.34. The van der Waals surface area contributed by atoms with E-state index in [4.69, 9.17) is 24.2 Å². The van der Waals surface area contributed by atoms with Gasteiger partial charge in [-0.3, -0.25) is 4.90 Å². The second kappa shape index (κ2) is 9.60. The van der Waals surface area contributed by atoms with Gasteiger partial charge in [0.05, 0.1) is 38.5 Å². The molecule has 0 unspecified atom stereocenters. The van der Waals surface area contributed by atoms with Crippen LogP contribution in [0.15, 0.2) is 59.6 Å². The third-order valence-electron chi connectivity index (χ3n) is 6.13. The van der Waals surface area contributed by atoms with Crippen LogP contribution in [0.2, 0.25) is 0 Å². The molecule has 1 aliphatic heterocycles. The molecule has 3 aromatic carbocycles. The van der Waals surface area contributed by atoms with Gasteiger partial charge in [0.15, 0.2) is 0 Å². The first-order chi connectivity index (χ1) is 16.3. The molecule has 0 radical (unpaired) electrons. The summed E-state index contributed by atoms with van der Waals surface area (Å²) in [4.78, 5) is 12.1. The molecule has 0 saturated carbocycles. The van der Waals surface area contributed by atoms with Crippen molar-refractivity contribution in [1.82, 2.24) is 14.5 Å². The van der Waals surface area contributed by atoms with Crippen LogP contribution in [0.3, 0.4) is 0 Å². The zero-order valence-corrected chi connectivity index (χ0v) is 19.0. The van der Waals surface area contributed by atoms with Crippen LogP contribution in [0.25, 0.3) is 21.8 Å². The smallest absolute Gasteiger partial charge is 0.230 e. The molecule has 0 N–H and O–H groups in total. The fourth-order valence-electron chi connectivity index (χ4n) is 4.40. The quantitative estimate of drug-likeness (QED) is 0.398. The Labute approximate surface area is 193 Å². The molecule has 1 aliphatic rings. The van der Waals surface area contributed by atoms with Gasteiger partial charge < -0.3 is 18.8 Å². The van der Waals surface area contributed by atoms with Crippen molar-refractivity contribution < 1.29 is 14.2 Å². The van der Waals surface area contributed by atoms with Crippen LogP contribution in [-0.2, 0) is 11.3 Å². The summed E-state index contributed by atoms with van der Waals surface area (Å²) in [6.45, 7) is 5.27. The van der Waals surface area contributed by atoms with Crippen LogP contribution in [-0.4, -0.2) is 67.7 Å². The average Bonchev–Trinajstić information content (AvgIpc) is 3.23. The van der Waals surface area contributed by atoms with Crippen molar-refractivity contribution in [3.63, 3.8) is 0 Å². The van der Waals surface area contributed by atoms with Gasteiger partial charge in [-0.2, -0.15) is 0 Å². The Bertz CT molecular complexity index is 1290. The van der Waals surface area contributed by atoms with Crippen LogP contribution >= 0.6 is 0 Å². The molecule has 0 spiro atoms. The van der Waals surface area contributed by atoms with Gasteiger partial charge in [-0.15, -0.1) is 0 Å². The van der Waals surface area contributed by atoms with E-state index < -0.39 is 0 Å². The molecule has 1 fully saturated rings. The highest BCUT2D eigenvalue weighted by Gasteiger charge is 2.15. The molecule has 33 heavy (non-hydrogen) atoms. The Morgan fingerprint density at radius 1 is 0.939 bits per heavy atom. The van der Waals surface area contributed by atoms with E-state index in [-0.39, 0.29) is 0 Å². The number of rotatable bonds is 7. The fourth-order valence-corrected chi connectivity index (χ4v) is 4.40. The lowest BCUT2D eigenvalue weighted by atomic mass is 10.0. The highest BCUT2D eigenvalue weighted by molar-refractivity contribution is 6.06. The van der Waals surface area contributed by atoms with Crippen molar-refractivity contribution in [2.75, 3.05) is 47.1 Å². The van der Waals surface area contributed by atoms with Gasteiger partial charge in [-0.25, -0.2) is 9.98 Å². The topological polar surface area (TPSA) is 61.1 Å². The maximum Gasteiger partial charge on any atom is 0.230 e. The summed E-state index contributed by atoms with van der Waals surface area (Å²) < 4.78 is 18.9. The lowest BCUT2D eigenvalue weighted by Gasteiger charge is -2.26. The number of fused-ring (bicyclic) bond motifs is 2. The first kappa shape index (κ1) is 21.4. The van der Waals surface area contributed by atoms with E-state index in [1.807, 2.05) is 54.7 Å². The van der Waals surface area contributed by atoms with Crippen LogP contribution < -0.4 is 9.47 Å². The van der Waals surface area contributed by atoms with Crippen molar-refractivity contribution in [1.29, 1.82) is 0 Å². The third-order valence-corrected chi connectivity index (χ3v) is 6.13. The molecule has 170 valence electrons. The summed E-state index contributed by atoms with van der Waals surface area (Å²) >= 11 is 0. The van der Waals surface area contributed by atoms with Gasteiger partial charge in [-0.1, -0.05) is 24.3 Å². The molecule has 4 aromatic rings. The van der Waals surface area contributed by atoms with E-state index in [0.717, 1.165) is 78.3 Å². The number of imidazole rings is 1. The van der Waals surface area contributed by atoms with Crippen LogP contribution in [0.1, 0.15) is 5.56 Å². The average molecular weight is 445 g/mol. The van der Waals surface area contributed by atoms with Crippen molar-refractivity contribution in [2.24, 2.45) is 4.99 Å². The summed E-state index contributed by atoms with van der Waals surface area (Å²) in [6.07, 6.45) is 1.87. The Balaban J connectivity index is 1.53. The van der Waals surface area contributed by atoms with Crippen LogP contribution in [0, 0.1) is 0 Å². The predicted octanol–water partition coefficient (Wildman–Crippen LogP) is 4.29. The van der Waals surface area contributed by atoms with E-state index in [2.05, 4.69) is 15.5 Å².